The molecule has 100 valence electrons. The standard InChI is InChI=1S/C13H25NO3/c1-6-7-9-16-10-8-14-11(2)12(15)17-13(3,4)5/h6,11,14H,1,7-10H2,2-5H3. The topological polar surface area (TPSA) is 47.6 Å². The summed E-state index contributed by atoms with van der Waals surface area (Å²) < 4.78 is 10.6. The van der Waals surface area contributed by atoms with Crippen LogP contribution in [0, 0.1) is 0 Å². The van der Waals surface area contributed by atoms with Crippen LogP contribution in [0.15, 0.2) is 12.7 Å². The minimum atomic E-state index is -0.437. The Kier molecular flexibility index (Phi) is 7.83. The number of carbonyl (C=O) groups excluding carboxylic acids is 1. The molecule has 0 radical (unpaired) electrons. The van der Waals surface area contributed by atoms with Gasteiger partial charge in [0.2, 0.25) is 0 Å². The van der Waals surface area contributed by atoms with Crippen molar-refractivity contribution in [2.45, 2.75) is 45.8 Å². The summed E-state index contributed by atoms with van der Waals surface area (Å²) in [6, 6.07) is -0.308. The van der Waals surface area contributed by atoms with E-state index in [1.807, 2.05) is 26.8 Å². The Hall–Kier alpha value is -0.870. The first-order valence-corrected chi connectivity index (χ1v) is 6.01. The zero-order valence-corrected chi connectivity index (χ0v) is 11.4. The van der Waals surface area contributed by atoms with Gasteiger partial charge in [-0.05, 0) is 34.1 Å². The third-order valence-corrected chi connectivity index (χ3v) is 1.92. The molecule has 0 saturated carbocycles. The SMILES string of the molecule is C=CCCOCCNC(C)C(=O)OC(C)(C)C. The van der Waals surface area contributed by atoms with E-state index >= 15 is 0 Å². The molecule has 0 aliphatic carbocycles. The Bertz CT molecular complexity index is 233. The second-order valence-corrected chi connectivity index (χ2v) is 4.90. The van der Waals surface area contributed by atoms with Gasteiger partial charge >= 0.3 is 5.97 Å². The van der Waals surface area contributed by atoms with Crippen LogP contribution in [0.1, 0.15) is 34.1 Å². The fraction of sp³-hybridized carbons (Fsp3) is 0.769. The molecule has 1 atom stereocenters. The van der Waals surface area contributed by atoms with Crippen LogP contribution in [-0.4, -0.2) is 37.4 Å². The quantitative estimate of drug-likeness (QED) is 0.402. The summed E-state index contributed by atoms with van der Waals surface area (Å²) in [4.78, 5) is 11.6. The van der Waals surface area contributed by atoms with Gasteiger partial charge in [0, 0.05) is 6.54 Å². The van der Waals surface area contributed by atoms with E-state index in [2.05, 4.69) is 11.9 Å². The van der Waals surface area contributed by atoms with Gasteiger partial charge in [0.1, 0.15) is 11.6 Å². The van der Waals surface area contributed by atoms with Crippen molar-refractivity contribution in [3.63, 3.8) is 0 Å². The van der Waals surface area contributed by atoms with Gasteiger partial charge in [-0.15, -0.1) is 6.58 Å². The van der Waals surface area contributed by atoms with Gasteiger partial charge < -0.3 is 14.8 Å². The molecule has 0 heterocycles. The largest absolute Gasteiger partial charge is 0.459 e. The van der Waals surface area contributed by atoms with Gasteiger partial charge in [-0.2, -0.15) is 0 Å². The molecule has 0 aromatic heterocycles. The van der Waals surface area contributed by atoms with E-state index in [-0.39, 0.29) is 12.0 Å². The minimum Gasteiger partial charge on any atom is -0.459 e. The molecular formula is C13H25NO3. The van der Waals surface area contributed by atoms with E-state index in [0.717, 1.165) is 6.42 Å². The number of esters is 1. The molecule has 0 spiro atoms. The van der Waals surface area contributed by atoms with Crippen LogP contribution < -0.4 is 5.32 Å². The highest BCUT2D eigenvalue weighted by Crippen LogP contribution is 2.08. The molecule has 0 rings (SSSR count). The fourth-order valence-electron chi connectivity index (χ4n) is 1.09. The number of hydrogen-bond donors (Lipinski definition) is 1. The first-order valence-electron chi connectivity index (χ1n) is 6.01. The van der Waals surface area contributed by atoms with Gasteiger partial charge in [-0.25, -0.2) is 0 Å². The van der Waals surface area contributed by atoms with Crippen LogP contribution in [0.2, 0.25) is 0 Å². The smallest absolute Gasteiger partial charge is 0.323 e. The molecule has 0 aliphatic rings. The Morgan fingerprint density at radius 1 is 1.41 bits per heavy atom. The van der Waals surface area contributed by atoms with Crippen LogP contribution >= 0.6 is 0 Å². The van der Waals surface area contributed by atoms with Crippen molar-refractivity contribution in [3.05, 3.63) is 12.7 Å². The molecule has 0 amide bonds. The second-order valence-electron chi connectivity index (χ2n) is 4.90. The molecule has 4 nitrogen and oxygen atoms in total. The first-order chi connectivity index (χ1) is 7.87. The molecular weight excluding hydrogens is 218 g/mol. The fourth-order valence-corrected chi connectivity index (χ4v) is 1.09. The molecule has 0 fully saturated rings. The van der Waals surface area contributed by atoms with Gasteiger partial charge in [-0.3, -0.25) is 4.79 Å². The molecule has 0 saturated heterocycles. The molecule has 1 unspecified atom stereocenters. The zero-order valence-electron chi connectivity index (χ0n) is 11.4. The highest BCUT2D eigenvalue weighted by Gasteiger charge is 2.20. The summed E-state index contributed by atoms with van der Waals surface area (Å²) >= 11 is 0. The summed E-state index contributed by atoms with van der Waals surface area (Å²) in [5, 5.41) is 3.06. The second kappa shape index (κ2) is 8.25. The Morgan fingerprint density at radius 3 is 2.59 bits per heavy atom. The molecule has 0 aromatic carbocycles. The van der Waals surface area contributed by atoms with Crippen molar-refractivity contribution >= 4 is 5.97 Å². The summed E-state index contributed by atoms with van der Waals surface area (Å²) in [6.45, 7) is 12.9. The minimum absolute atomic E-state index is 0.233. The average Bonchev–Trinajstić information content (AvgIpc) is 2.20. The summed E-state index contributed by atoms with van der Waals surface area (Å²) in [7, 11) is 0. The molecule has 0 aliphatic heterocycles. The monoisotopic (exact) mass is 243 g/mol. The summed E-state index contributed by atoms with van der Waals surface area (Å²) in [5.74, 6) is -0.233. The lowest BCUT2D eigenvalue weighted by molar-refractivity contribution is -0.157. The van der Waals surface area contributed by atoms with E-state index in [0.29, 0.717) is 19.8 Å². The molecule has 0 bridgehead atoms. The van der Waals surface area contributed by atoms with Crippen molar-refractivity contribution in [3.8, 4) is 0 Å². The first kappa shape index (κ1) is 16.1. The zero-order chi connectivity index (χ0) is 13.3. The lowest BCUT2D eigenvalue weighted by atomic mass is 10.2. The van der Waals surface area contributed by atoms with E-state index in [4.69, 9.17) is 9.47 Å². The lowest BCUT2D eigenvalue weighted by Gasteiger charge is -2.22. The van der Waals surface area contributed by atoms with Gasteiger partial charge in [-0.1, -0.05) is 6.08 Å². The Balaban J connectivity index is 3.61. The number of carbonyl (C=O) groups is 1. The highest BCUT2D eigenvalue weighted by molar-refractivity contribution is 5.75. The normalized spacial score (nSPS) is 13.2. The number of nitrogens with one attached hydrogen (secondary N) is 1. The van der Waals surface area contributed by atoms with Crippen molar-refractivity contribution < 1.29 is 14.3 Å². The van der Waals surface area contributed by atoms with Gasteiger partial charge in [0.15, 0.2) is 0 Å². The predicted octanol–water partition coefficient (Wildman–Crippen LogP) is 1.90. The molecule has 0 aromatic rings. The van der Waals surface area contributed by atoms with E-state index in [1.165, 1.54) is 0 Å². The van der Waals surface area contributed by atoms with Crippen molar-refractivity contribution in [1.29, 1.82) is 0 Å². The molecule has 1 N–H and O–H groups in total. The summed E-state index contributed by atoms with van der Waals surface area (Å²) in [5.41, 5.74) is -0.437. The van der Waals surface area contributed by atoms with E-state index in [1.54, 1.807) is 6.92 Å². The van der Waals surface area contributed by atoms with Crippen LogP contribution in [0.3, 0.4) is 0 Å². The van der Waals surface area contributed by atoms with Crippen LogP contribution in [0.4, 0.5) is 0 Å². The van der Waals surface area contributed by atoms with Gasteiger partial charge in [0.05, 0.1) is 13.2 Å². The van der Waals surface area contributed by atoms with Gasteiger partial charge in [0.25, 0.3) is 0 Å². The maximum absolute atomic E-state index is 11.6. The Labute approximate surface area is 104 Å². The molecule has 4 heteroatoms. The number of ether oxygens (including phenoxy) is 2. The van der Waals surface area contributed by atoms with E-state index in [9.17, 15) is 4.79 Å². The number of hydrogen-bond acceptors (Lipinski definition) is 4. The third-order valence-electron chi connectivity index (χ3n) is 1.92. The van der Waals surface area contributed by atoms with Crippen LogP contribution in [-0.2, 0) is 14.3 Å². The molecule has 17 heavy (non-hydrogen) atoms. The van der Waals surface area contributed by atoms with Crippen molar-refractivity contribution in [2.75, 3.05) is 19.8 Å². The average molecular weight is 243 g/mol. The van der Waals surface area contributed by atoms with Crippen LogP contribution in [0.5, 0.6) is 0 Å². The maximum atomic E-state index is 11.6. The summed E-state index contributed by atoms with van der Waals surface area (Å²) in [6.07, 6.45) is 2.67. The maximum Gasteiger partial charge on any atom is 0.323 e. The lowest BCUT2D eigenvalue weighted by Crippen LogP contribution is -2.40. The third kappa shape index (κ3) is 10.0. The van der Waals surface area contributed by atoms with Crippen molar-refractivity contribution in [2.24, 2.45) is 0 Å². The van der Waals surface area contributed by atoms with Crippen LogP contribution in [0.25, 0.3) is 0 Å². The Morgan fingerprint density at radius 2 is 2.06 bits per heavy atom. The number of rotatable bonds is 8. The van der Waals surface area contributed by atoms with Crippen molar-refractivity contribution in [1.82, 2.24) is 5.32 Å². The highest BCUT2D eigenvalue weighted by atomic mass is 16.6. The van der Waals surface area contributed by atoms with E-state index < -0.39 is 5.60 Å². The predicted molar refractivity (Wildman–Crippen MR) is 68.9 cm³/mol.